The summed E-state index contributed by atoms with van der Waals surface area (Å²) in [6.07, 6.45) is 1.93. The van der Waals surface area contributed by atoms with Crippen molar-refractivity contribution in [2.24, 2.45) is 0 Å². The van der Waals surface area contributed by atoms with Crippen LogP contribution < -0.4 is 5.32 Å². The van der Waals surface area contributed by atoms with Crippen LogP contribution in [-0.2, 0) is 17.8 Å². The number of aryl methyl sites for hydroxylation is 2. The quantitative estimate of drug-likeness (QED) is 0.464. The van der Waals surface area contributed by atoms with Gasteiger partial charge in [-0.05, 0) is 25.8 Å². The molecule has 0 spiro atoms. The first-order valence-corrected chi connectivity index (χ1v) is 12.6. The number of carbonyl (C=O) groups excluding carboxylic acids is 2. The number of thiazole rings is 1. The average molecular weight is 479 g/mol. The zero-order valence-electron chi connectivity index (χ0n) is 18.3. The van der Waals surface area contributed by atoms with Gasteiger partial charge in [0.2, 0.25) is 5.91 Å². The topological polar surface area (TPSA) is 93.0 Å². The third-order valence-electron chi connectivity index (χ3n) is 4.40. The van der Waals surface area contributed by atoms with Crippen LogP contribution in [0.2, 0.25) is 0 Å². The number of hydrogen-bond donors (Lipinski definition) is 1. The van der Waals surface area contributed by atoms with Crippen molar-refractivity contribution in [1.29, 1.82) is 0 Å². The molecule has 0 atom stereocenters. The van der Waals surface area contributed by atoms with E-state index in [1.165, 1.54) is 32.9 Å². The molecule has 11 heteroatoms. The van der Waals surface area contributed by atoms with Crippen molar-refractivity contribution in [2.45, 2.75) is 45.3 Å². The highest BCUT2D eigenvalue weighted by molar-refractivity contribution is 7.99. The van der Waals surface area contributed by atoms with E-state index in [1.807, 2.05) is 0 Å². The lowest BCUT2D eigenvalue weighted by Crippen LogP contribution is -2.21. The number of carbonyl (C=O) groups is 2. The standard InChI is InChI=1S/C20H26N6O2S3/c1-6-8-26-17(13-9-14(7-2)29-10-13)23-24-20(26)30-11-15(27)22-19-21-12(3)16(31-19)18(28)25(4)5/h9-10H,6-8,11H2,1-5H3,(H,21,22,27). The van der Waals surface area contributed by atoms with Gasteiger partial charge in [-0.3, -0.25) is 9.59 Å². The fourth-order valence-electron chi connectivity index (χ4n) is 2.85. The van der Waals surface area contributed by atoms with Gasteiger partial charge in [0.15, 0.2) is 16.1 Å². The lowest BCUT2D eigenvalue weighted by Gasteiger charge is -2.08. The number of rotatable bonds is 9. The van der Waals surface area contributed by atoms with Crippen LogP contribution in [0.4, 0.5) is 5.13 Å². The summed E-state index contributed by atoms with van der Waals surface area (Å²) in [4.78, 5) is 32.3. The van der Waals surface area contributed by atoms with E-state index in [4.69, 9.17) is 0 Å². The lowest BCUT2D eigenvalue weighted by atomic mass is 10.2. The van der Waals surface area contributed by atoms with E-state index in [1.54, 1.807) is 32.4 Å². The fourth-order valence-corrected chi connectivity index (χ4v) is 5.44. The van der Waals surface area contributed by atoms with Gasteiger partial charge in [-0.15, -0.1) is 21.5 Å². The zero-order chi connectivity index (χ0) is 22.5. The first-order chi connectivity index (χ1) is 14.8. The van der Waals surface area contributed by atoms with Crippen LogP contribution in [0.15, 0.2) is 16.6 Å². The number of thiophene rings is 1. The number of amides is 2. The van der Waals surface area contributed by atoms with Gasteiger partial charge in [0, 0.05) is 36.5 Å². The number of thioether (sulfide) groups is 1. The minimum absolute atomic E-state index is 0.121. The smallest absolute Gasteiger partial charge is 0.265 e. The molecule has 31 heavy (non-hydrogen) atoms. The molecular formula is C20H26N6O2S3. The zero-order valence-corrected chi connectivity index (χ0v) is 20.7. The lowest BCUT2D eigenvalue weighted by molar-refractivity contribution is -0.113. The molecule has 1 N–H and O–H groups in total. The largest absolute Gasteiger partial charge is 0.344 e. The molecule has 2 amide bonds. The molecule has 0 aromatic carbocycles. The van der Waals surface area contributed by atoms with Crippen molar-refractivity contribution >= 4 is 51.4 Å². The van der Waals surface area contributed by atoms with Crippen LogP contribution in [0.3, 0.4) is 0 Å². The second-order valence-electron chi connectivity index (χ2n) is 7.08. The van der Waals surface area contributed by atoms with Crippen LogP contribution in [0, 0.1) is 6.92 Å². The second kappa shape index (κ2) is 10.4. The van der Waals surface area contributed by atoms with Crippen molar-refractivity contribution < 1.29 is 9.59 Å². The predicted octanol–water partition coefficient (Wildman–Crippen LogP) is 4.18. The molecule has 0 aliphatic carbocycles. The number of anilines is 1. The summed E-state index contributed by atoms with van der Waals surface area (Å²) in [5, 5.41) is 14.7. The SMILES string of the molecule is CCCn1c(SCC(=O)Nc2nc(C)c(C(=O)N(C)C)s2)nnc1-c1csc(CC)c1. The van der Waals surface area contributed by atoms with Gasteiger partial charge in [-0.2, -0.15) is 0 Å². The Kier molecular flexibility index (Phi) is 7.84. The Bertz CT molecular complexity index is 1070. The molecule has 0 radical (unpaired) electrons. The van der Waals surface area contributed by atoms with Crippen molar-refractivity contribution in [3.63, 3.8) is 0 Å². The summed E-state index contributed by atoms with van der Waals surface area (Å²) in [5.74, 6) is 0.702. The van der Waals surface area contributed by atoms with Gasteiger partial charge < -0.3 is 14.8 Å². The molecule has 0 saturated heterocycles. The molecule has 0 aliphatic heterocycles. The van der Waals surface area contributed by atoms with Crippen LogP contribution >= 0.6 is 34.4 Å². The molecule has 0 unspecified atom stereocenters. The molecule has 0 fully saturated rings. The Morgan fingerprint density at radius 3 is 2.68 bits per heavy atom. The molecule has 0 bridgehead atoms. The van der Waals surface area contributed by atoms with E-state index in [0.29, 0.717) is 15.7 Å². The summed E-state index contributed by atoms with van der Waals surface area (Å²) in [5.41, 5.74) is 1.68. The Balaban J connectivity index is 1.68. The van der Waals surface area contributed by atoms with Gasteiger partial charge in [0.05, 0.1) is 11.4 Å². The first kappa shape index (κ1) is 23.4. The molecule has 3 aromatic rings. The van der Waals surface area contributed by atoms with Gasteiger partial charge in [-0.1, -0.05) is 36.9 Å². The summed E-state index contributed by atoms with van der Waals surface area (Å²) >= 11 is 4.26. The van der Waals surface area contributed by atoms with E-state index in [-0.39, 0.29) is 17.6 Å². The highest BCUT2D eigenvalue weighted by atomic mass is 32.2. The molecule has 166 valence electrons. The maximum absolute atomic E-state index is 12.5. The molecule has 3 heterocycles. The minimum atomic E-state index is -0.195. The van der Waals surface area contributed by atoms with Crippen LogP contribution in [0.5, 0.6) is 0 Å². The van der Waals surface area contributed by atoms with E-state index >= 15 is 0 Å². The summed E-state index contributed by atoms with van der Waals surface area (Å²) in [6.45, 7) is 6.79. The molecule has 8 nitrogen and oxygen atoms in total. The van der Waals surface area contributed by atoms with E-state index in [9.17, 15) is 9.59 Å². The minimum Gasteiger partial charge on any atom is -0.344 e. The highest BCUT2D eigenvalue weighted by Gasteiger charge is 2.19. The third-order valence-corrected chi connectivity index (χ3v) is 7.51. The molecule has 0 aliphatic rings. The van der Waals surface area contributed by atoms with Gasteiger partial charge in [0.1, 0.15) is 4.88 Å². The highest BCUT2D eigenvalue weighted by Crippen LogP contribution is 2.29. The van der Waals surface area contributed by atoms with Gasteiger partial charge in [-0.25, -0.2) is 4.98 Å². The molecular weight excluding hydrogens is 452 g/mol. The number of hydrogen-bond acceptors (Lipinski definition) is 8. The summed E-state index contributed by atoms with van der Waals surface area (Å²) in [6, 6.07) is 2.15. The number of nitrogens with zero attached hydrogens (tertiary/aromatic N) is 5. The Labute approximate surface area is 194 Å². The van der Waals surface area contributed by atoms with E-state index in [2.05, 4.69) is 50.4 Å². The Morgan fingerprint density at radius 1 is 1.26 bits per heavy atom. The summed E-state index contributed by atoms with van der Waals surface area (Å²) < 4.78 is 2.07. The second-order valence-corrected chi connectivity index (χ2v) is 10.0. The van der Waals surface area contributed by atoms with E-state index < -0.39 is 0 Å². The van der Waals surface area contributed by atoms with Crippen LogP contribution in [0.25, 0.3) is 11.4 Å². The number of nitrogens with one attached hydrogen (secondary N) is 1. The molecule has 3 aromatic heterocycles. The fraction of sp³-hybridized carbons (Fsp3) is 0.450. The van der Waals surface area contributed by atoms with Crippen molar-refractivity contribution in [3.8, 4) is 11.4 Å². The van der Waals surface area contributed by atoms with Crippen molar-refractivity contribution in [2.75, 3.05) is 25.2 Å². The normalized spacial score (nSPS) is 11.0. The maximum atomic E-state index is 12.5. The number of aromatic nitrogens is 4. The third kappa shape index (κ3) is 5.52. The monoisotopic (exact) mass is 478 g/mol. The maximum Gasteiger partial charge on any atom is 0.265 e. The van der Waals surface area contributed by atoms with Gasteiger partial charge >= 0.3 is 0 Å². The van der Waals surface area contributed by atoms with E-state index in [0.717, 1.165) is 35.9 Å². The van der Waals surface area contributed by atoms with Crippen molar-refractivity contribution in [1.82, 2.24) is 24.6 Å². The summed E-state index contributed by atoms with van der Waals surface area (Å²) in [7, 11) is 3.38. The Morgan fingerprint density at radius 2 is 2.03 bits per heavy atom. The molecule has 3 rings (SSSR count). The Hall–Kier alpha value is -2.24. The van der Waals surface area contributed by atoms with Crippen LogP contribution in [0.1, 0.15) is 40.5 Å². The predicted molar refractivity (Wildman–Crippen MR) is 127 cm³/mol. The van der Waals surface area contributed by atoms with Crippen molar-refractivity contribution in [3.05, 3.63) is 26.9 Å². The van der Waals surface area contributed by atoms with Crippen LogP contribution in [-0.4, -0.2) is 56.3 Å². The molecule has 0 saturated carbocycles. The first-order valence-electron chi connectivity index (χ1n) is 9.96. The average Bonchev–Trinajstić information content (AvgIpc) is 3.44. The van der Waals surface area contributed by atoms with Gasteiger partial charge in [0.25, 0.3) is 5.91 Å².